The van der Waals surface area contributed by atoms with Crippen molar-refractivity contribution >= 4 is 23.3 Å². The number of carboxylic acids is 2. The van der Waals surface area contributed by atoms with Gasteiger partial charge in [0.05, 0.1) is 23.0 Å². The molecule has 2 N–H and O–H groups in total. The molecule has 0 fully saturated rings. The molecule has 4 unspecified atom stereocenters. The predicted molar refractivity (Wildman–Crippen MR) is 152 cm³/mol. The smallest absolute Gasteiger partial charge is 0.312 e. The van der Waals surface area contributed by atoms with E-state index in [1.807, 2.05) is 36.4 Å². The van der Waals surface area contributed by atoms with Gasteiger partial charge in [0.15, 0.2) is 0 Å². The average Bonchev–Trinajstić information content (AvgIpc) is 2.94. The van der Waals surface area contributed by atoms with E-state index in [0.29, 0.717) is 37.1 Å². The van der Waals surface area contributed by atoms with Crippen molar-refractivity contribution in [2.75, 3.05) is 6.61 Å². The maximum absolute atomic E-state index is 13.0. The molecule has 10 heteroatoms. The van der Waals surface area contributed by atoms with Crippen molar-refractivity contribution in [3.8, 4) is 5.75 Å². The lowest BCUT2D eigenvalue weighted by Gasteiger charge is -2.46. The molecule has 0 bridgehead atoms. The summed E-state index contributed by atoms with van der Waals surface area (Å²) in [5.41, 5.74) is 0.841. The van der Waals surface area contributed by atoms with Crippen LogP contribution < -0.4 is 4.74 Å². The maximum Gasteiger partial charge on any atom is 0.312 e. The summed E-state index contributed by atoms with van der Waals surface area (Å²) in [6, 6.07) is 16.4. The van der Waals surface area contributed by atoms with Gasteiger partial charge in [0.25, 0.3) is 5.69 Å². The number of aromatic nitrogens is 1. The zero-order valence-electron chi connectivity index (χ0n) is 23.0. The van der Waals surface area contributed by atoms with E-state index < -0.39 is 40.2 Å². The van der Waals surface area contributed by atoms with Crippen LogP contribution in [0.25, 0.3) is 0 Å². The summed E-state index contributed by atoms with van der Waals surface area (Å²) in [6.45, 7) is 3.58. The summed E-state index contributed by atoms with van der Waals surface area (Å²) >= 11 is 0. The lowest BCUT2D eigenvalue weighted by atomic mass is 9.58. The summed E-state index contributed by atoms with van der Waals surface area (Å²) in [5, 5.41) is 32.3. The molecule has 1 aliphatic heterocycles. The molecule has 0 amide bonds. The number of aliphatic imine (C=N–C) groups is 1. The van der Waals surface area contributed by atoms with E-state index in [4.69, 9.17) is 4.74 Å². The quantitative estimate of drug-likeness (QED) is 0.166. The molecule has 214 valence electrons. The highest BCUT2D eigenvalue weighted by Crippen LogP contribution is 2.52. The molecule has 10 nitrogen and oxygen atoms in total. The van der Waals surface area contributed by atoms with Crippen LogP contribution in [0.1, 0.15) is 55.7 Å². The van der Waals surface area contributed by atoms with Crippen molar-refractivity contribution in [3.63, 3.8) is 0 Å². The molecule has 3 aromatic rings. The Morgan fingerprint density at radius 3 is 2.54 bits per heavy atom. The topological polar surface area (TPSA) is 152 Å². The number of nitro groups is 1. The number of non-ortho nitro benzene ring substituents is 1. The second-order valence-corrected chi connectivity index (χ2v) is 10.4. The van der Waals surface area contributed by atoms with Gasteiger partial charge in [-0.3, -0.25) is 29.7 Å². The number of carboxylic acid groups (broad SMARTS) is 2. The Labute approximate surface area is 237 Å². The minimum atomic E-state index is -1.59. The molecule has 1 aliphatic rings. The molecule has 4 rings (SSSR count). The molecule has 0 aliphatic carbocycles. The van der Waals surface area contributed by atoms with Gasteiger partial charge in [-0.05, 0) is 61.9 Å². The van der Waals surface area contributed by atoms with Gasteiger partial charge >= 0.3 is 11.9 Å². The van der Waals surface area contributed by atoms with Gasteiger partial charge in [-0.25, -0.2) is 0 Å². The third-order valence-corrected chi connectivity index (χ3v) is 7.92. The van der Waals surface area contributed by atoms with Crippen molar-refractivity contribution < 1.29 is 29.5 Å². The first kappa shape index (κ1) is 29.4. The zero-order valence-corrected chi connectivity index (χ0v) is 23.0. The number of nitro benzene ring substituents is 1. The second kappa shape index (κ2) is 12.7. The number of aliphatic carboxylic acids is 2. The Hall–Kier alpha value is -4.60. The van der Waals surface area contributed by atoms with Crippen LogP contribution in [0.3, 0.4) is 0 Å². The highest BCUT2D eigenvalue weighted by molar-refractivity contribution is 6.03. The SMILES string of the molecule is CC1=NC(C)C(CCCCOc2ccccc2Cc2cccnc2)(C(=O)O)C(c2cccc([N+](=O)[O-])c2)C1C(=O)O. The van der Waals surface area contributed by atoms with E-state index in [9.17, 15) is 29.9 Å². The van der Waals surface area contributed by atoms with Gasteiger partial charge < -0.3 is 14.9 Å². The number of benzene rings is 2. The van der Waals surface area contributed by atoms with Crippen molar-refractivity contribution in [1.82, 2.24) is 4.98 Å². The lowest BCUT2D eigenvalue weighted by Crippen LogP contribution is -2.54. The van der Waals surface area contributed by atoms with Crippen LogP contribution in [0.4, 0.5) is 5.69 Å². The number of nitrogens with zero attached hydrogens (tertiary/aromatic N) is 3. The lowest BCUT2D eigenvalue weighted by molar-refractivity contribution is -0.385. The monoisotopic (exact) mass is 559 g/mol. The first-order chi connectivity index (χ1) is 19.6. The van der Waals surface area contributed by atoms with Gasteiger partial charge in [-0.2, -0.15) is 0 Å². The minimum Gasteiger partial charge on any atom is -0.493 e. The Balaban J connectivity index is 1.55. The second-order valence-electron chi connectivity index (χ2n) is 10.4. The number of rotatable bonds is 12. The average molecular weight is 560 g/mol. The fraction of sp³-hybridized carbons (Fsp3) is 0.355. The molecule has 0 spiro atoms. The molecular formula is C31H33N3O7. The number of carbonyl (C=O) groups is 2. The normalized spacial score (nSPS) is 22.0. The van der Waals surface area contributed by atoms with Gasteiger partial charge in [0, 0.05) is 42.6 Å². The number of hydrogen-bond acceptors (Lipinski definition) is 7. The molecule has 0 saturated heterocycles. The largest absolute Gasteiger partial charge is 0.493 e. The fourth-order valence-electron chi connectivity index (χ4n) is 5.94. The Kier molecular flexibility index (Phi) is 9.11. The summed E-state index contributed by atoms with van der Waals surface area (Å²) in [4.78, 5) is 45.0. The van der Waals surface area contributed by atoms with E-state index in [1.165, 1.54) is 18.2 Å². The third-order valence-electron chi connectivity index (χ3n) is 7.92. The highest BCUT2D eigenvalue weighted by atomic mass is 16.6. The molecule has 0 saturated carbocycles. The van der Waals surface area contributed by atoms with Crippen LogP contribution in [0, 0.1) is 21.4 Å². The van der Waals surface area contributed by atoms with Crippen molar-refractivity contribution in [2.24, 2.45) is 16.3 Å². The third kappa shape index (κ3) is 6.26. The summed E-state index contributed by atoms with van der Waals surface area (Å²) < 4.78 is 6.08. The fourth-order valence-corrected chi connectivity index (χ4v) is 5.94. The van der Waals surface area contributed by atoms with Crippen molar-refractivity contribution in [3.05, 3.63) is 99.9 Å². The standard InChI is InChI=1S/C31H33N3O7/c1-20-27(29(35)36)28(24-11-7-12-25(18-24)34(39)40)31(30(37)38,21(2)33-20)14-5-6-16-41-26-13-4-3-10-23(26)17-22-9-8-15-32-19-22/h3-4,7-13,15,18-19,21,27-28H,5-6,14,16-17H2,1-2H3,(H,35,36)(H,37,38). The Morgan fingerprint density at radius 1 is 1.07 bits per heavy atom. The van der Waals surface area contributed by atoms with E-state index in [1.54, 1.807) is 32.3 Å². The molecule has 4 atom stereocenters. The molecule has 1 aromatic heterocycles. The number of unbranched alkanes of at least 4 members (excludes halogenated alkanes) is 1. The van der Waals surface area contributed by atoms with Crippen molar-refractivity contribution in [2.45, 2.75) is 51.5 Å². The van der Waals surface area contributed by atoms with Crippen LogP contribution in [0.2, 0.25) is 0 Å². The van der Waals surface area contributed by atoms with E-state index in [2.05, 4.69) is 9.98 Å². The van der Waals surface area contributed by atoms with Crippen LogP contribution in [0.5, 0.6) is 5.75 Å². The van der Waals surface area contributed by atoms with Gasteiger partial charge in [-0.1, -0.05) is 36.4 Å². The Bertz CT molecular complexity index is 1440. The molecule has 41 heavy (non-hydrogen) atoms. The number of ether oxygens (including phenoxy) is 1. The highest BCUT2D eigenvalue weighted by Gasteiger charge is 2.58. The van der Waals surface area contributed by atoms with Gasteiger partial charge in [0.1, 0.15) is 11.7 Å². The summed E-state index contributed by atoms with van der Waals surface area (Å²) in [5.74, 6) is -3.94. The number of hydrogen-bond donors (Lipinski definition) is 2. The summed E-state index contributed by atoms with van der Waals surface area (Å²) in [6.07, 6.45) is 5.25. The van der Waals surface area contributed by atoms with Crippen LogP contribution in [-0.2, 0) is 16.0 Å². The van der Waals surface area contributed by atoms with E-state index in [-0.39, 0.29) is 12.1 Å². The molecule has 0 radical (unpaired) electrons. The van der Waals surface area contributed by atoms with Crippen molar-refractivity contribution in [1.29, 1.82) is 0 Å². The molecular weight excluding hydrogens is 526 g/mol. The number of para-hydroxylation sites is 1. The minimum absolute atomic E-state index is 0.123. The van der Waals surface area contributed by atoms with Crippen LogP contribution >= 0.6 is 0 Å². The van der Waals surface area contributed by atoms with E-state index in [0.717, 1.165) is 16.9 Å². The predicted octanol–water partition coefficient (Wildman–Crippen LogP) is 5.55. The number of pyridine rings is 1. The van der Waals surface area contributed by atoms with E-state index >= 15 is 0 Å². The van der Waals surface area contributed by atoms with Gasteiger partial charge in [-0.15, -0.1) is 0 Å². The molecule has 2 aromatic carbocycles. The summed E-state index contributed by atoms with van der Waals surface area (Å²) in [7, 11) is 0. The first-order valence-corrected chi connectivity index (χ1v) is 13.5. The molecule has 2 heterocycles. The Morgan fingerprint density at radius 2 is 1.85 bits per heavy atom. The van der Waals surface area contributed by atoms with Gasteiger partial charge in [0.2, 0.25) is 0 Å². The first-order valence-electron chi connectivity index (χ1n) is 13.5. The van der Waals surface area contributed by atoms with Crippen LogP contribution in [0.15, 0.2) is 78.0 Å². The maximum atomic E-state index is 13.0. The zero-order chi connectivity index (χ0) is 29.6. The van der Waals surface area contributed by atoms with Crippen LogP contribution in [-0.4, -0.2) is 50.4 Å².